The molecule has 0 saturated carbocycles. The minimum atomic E-state index is -0.175. The minimum Gasteiger partial charge on any atom is -0.370 e. The first-order valence-corrected chi connectivity index (χ1v) is 7.43. The number of hydrogen-bond donors (Lipinski definition) is 1. The van der Waals surface area contributed by atoms with E-state index in [4.69, 9.17) is 11.6 Å². The zero-order chi connectivity index (χ0) is 15.2. The van der Waals surface area contributed by atoms with Gasteiger partial charge in [0.1, 0.15) is 5.82 Å². The van der Waals surface area contributed by atoms with Crippen molar-refractivity contribution < 1.29 is 4.39 Å². The molecule has 0 bridgehead atoms. The maximum absolute atomic E-state index is 14.0. The van der Waals surface area contributed by atoms with E-state index in [-0.39, 0.29) is 5.82 Å². The summed E-state index contributed by atoms with van der Waals surface area (Å²) in [5.41, 5.74) is 2.70. The van der Waals surface area contributed by atoms with E-state index in [2.05, 4.69) is 5.32 Å². The predicted octanol–water partition coefficient (Wildman–Crippen LogP) is 4.23. The fraction of sp³-hybridized carbons (Fsp3) is 0.294. The molecular formula is C17H20ClFN2. The monoisotopic (exact) mass is 306 g/mol. The molecular weight excluding hydrogens is 287 g/mol. The molecule has 0 aliphatic rings. The van der Waals surface area contributed by atoms with Crippen LogP contribution in [-0.2, 0) is 13.1 Å². The standard InChI is InChI=1S/C17H20ClFN2/c1-3-20-11-15-16(19)8-5-9-17(15)21(2)12-13-6-4-7-14(18)10-13/h4-10,20H,3,11-12H2,1-2H3. The first kappa shape index (κ1) is 15.8. The zero-order valence-electron chi connectivity index (χ0n) is 12.4. The smallest absolute Gasteiger partial charge is 0.129 e. The Balaban J connectivity index is 2.22. The summed E-state index contributed by atoms with van der Waals surface area (Å²) in [6.07, 6.45) is 0. The van der Waals surface area contributed by atoms with Gasteiger partial charge in [0.05, 0.1) is 0 Å². The topological polar surface area (TPSA) is 15.3 Å². The van der Waals surface area contributed by atoms with Crippen molar-refractivity contribution in [1.29, 1.82) is 0 Å². The number of anilines is 1. The molecule has 0 fully saturated rings. The van der Waals surface area contributed by atoms with Crippen LogP contribution in [0.4, 0.5) is 10.1 Å². The van der Waals surface area contributed by atoms with Crippen molar-refractivity contribution in [1.82, 2.24) is 5.32 Å². The lowest BCUT2D eigenvalue weighted by Crippen LogP contribution is -2.21. The summed E-state index contributed by atoms with van der Waals surface area (Å²) in [6.45, 7) is 4.03. The summed E-state index contributed by atoms with van der Waals surface area (Å²) >= 11 is 6.01. The summed E-state index contributed by atoms with van der Waals surface area (Å²) in [5.74, 6) is -0.175. The van der Waals surface area contributed by atoms with Crippen LogP contribution in [0.15, 0.2) is 42.5 Å². The van der Waals surface area contributed by atoms with Gasteiger partial charge >= 0.3 is 0 Å². The van der Waals surface area contributed by atoms with Crippen LogP contribution in [0.1, 0.15) is 18.1 Å². The maximum atomic E-state index is 14.0. The first-order chi connectivity index (χ1) is 10.1. The molecule has 2 aromatic carbocycles. The molecule has 0 amide bonds. The number of halogens is 2. The van der Waals surface area contributed by atoms with E-state index < -0.39 is 0 Å². The van der Waals surface area contributed by atoms with E-state index >= 15 is 0 Å². The average molecular weight is 307 g/mol. The molecule has 2 rings (SSSR count). The molecule has 0 spiro atoms. The van der Waals surface area contributed by atoms with Crippen molar-refractivity contribution in [3.8, 4) is 0 Å². The van der Waals surface area contributed by atoms with Crippen LogP contribution in [0, 0.1) is 5.82 Å². The van der Waals surface area contributed by atoms with E-state index in [1.807, 2.05) is 49.2 Å². The van der Waals surface area contributed by atoms with E-state index in [1.165, 1.54) is 6.07 Å². The van der Waals surface area contributed by atoms with Gasteiger partial charge < -0.3 is 10.2 Å². The normalized spacial score (nSPS) is 10.7. The Labute approximate surface area is 130 Å². The SMILES string of the molecule is CCNCc1c(F)cccc1N(C)Cc1cccc(Cl)c1. The summed E-state index contributed by atoms with van der Waals surface area (Å²) in [6, 6.07) is 12.9. The number of nitrogens with zero attached hydrogens (tertiary/aromatic N) is 1. The van der Waals surface area contributed by atoms with Crippen molar-refractivity contribution in [2.45, 2.75) is 20.0 Å². The van der Waals surface area contributed by atoms with E-state index in [1.54, 1.807) is 6.07 Å². The molecule has 1 N–H and O–H groups in total. The highest BCUT2D eigenvalue weighted by Crippen LogP contribution is 2.24. The quantitative estimate of drug-likeness (QED) is 0.859. The lowest BCUT2D eigenvalue weighted by atomic mass is 10.1. The van der Waals surface area contributed by atoms with Gasteiger partial charge in [-0.1, -0.05) is 36.7 Å². The second-order valence-electron chi connectivity index (χ2n) is 5.00. The lowest BCUT2D eigenvalue weighted by Gasteiger charge is -2.23. The summed E-state index contributed by atoms with van der Waals surface area (Å²) < 4.78 is 14.0. The molecule has 0 aromatic heterocycles. The highest BCUT2D eigenvalue weighted by molar-refractivity contribution is 6.30. The number of rotatable bonds is 6. The van der Waals surface area contributed by atoms with Crippen LogP contribution < -0.4 is 10.2 Å². The summed E-state index contributed by atoms with van der Waals surface area (Å²) in [5, 5.41) is 3.90. The van der Waals surface area contributed by atoms with Crippen LogP contribution >= 0.6 is 11.6 Å². The van der Waals surface area contributed by atoms with Gasteiger partial charge in [0, 0.05) is 36.4 Å². The molecule has 2 aromatic rings. The number of benzene rings is 2. The van der Waals surface area contributed by atoms with Gasteiger partial charge in [-0.3, -0.25) is 0 Å². The molecule has 0 atom stereocenters. The first-order valence-electron chi connectivity index (χ1n) is 7.05. The minimum absolute atomic E-state index is 0.175. The molecule has 0 heterocycles. The van der Waals surface area contributed by atoms with Crippen LogP contribution in [0.3, 0.4) is 0 Å². The average Bonchev–Trinajstić information content (AvgIpc) is 2.45. The van der Waals surface area contributed by atoms with Crippen LogP contribution in [0.25, 0.3) is 0 Å². The zero-order valence-corrected chi connectivity index (χ0v) is 13.1. The van der Waals surface area contributed by atoms with Gasteiger partial charge in [-0.15, -0.1) is 0 Å². The molecule has 0 aliphatic carbocycles. The lowest BCUT2D eigenvalue weighted by molar-refractivity contribution is 0.592. The van der Waals surface area contributed by atoms with Crippen molar-refractivity contribution in [2.24, 2.45) is 0 Å². The van der Waals surface area contributed by atoms with Crippen LogP contribution in [0.5, 0.6) is 0 Å². The van der Waals surface area contributed by atoms with Crippen molar-refractivity contribution in [2.75, 3.05) is 18.5 Å². The molecule has 0 radical (unpaired) electrons. The van der Waals surface area contributed by atoms with Gasteiger partial charge in [-0.2, -0.15) is 0 Å². The summed E-state index contributed by atoms with van der Waals surface area (Å²) in [4.78, 5) is 2.04. The highest BCUT2D eigenvalue weighted by atomic mass is 35.5. The molecule has 2 nitrogen and oxygen atoms in total. The van der Waals surface area contributed by atoms with Gasteiger partial charge in [0.2, 0.25) is 0 Å². The Hall–Kier alpha value is -1.58. The van der Waals surface area contributed by atoms with Gasteiger partial charge in [0.15, 0.2) is 0 Å². The molecule has 0 unspecified atom stereocenters. The fourth-order valence-corrected chi connectivity index (χ4v) is 2.54. The van der Waals surface area contributed by atoms with E-state index in [9.17, 15) is 4.39 Å². The van der Waals surface area contributed by atoms with Gasteiger partial charge in [-0.25, -0.2) is 4.39 Å². The third-order valence-electron chi connectivity index (χ3n) is 3.37. The number of hydrogen-bond acceptors (Lipinski definition) is 2. The van der Waals surface area contributed by atoms with Crippen molar-refractivity contribution in [3.05, 3.63) is 64.4 Å². The molecule has 0 saturated heterocycles. The molecule has 112 valence electrons. The fourth-order valence-electron chi connectivity index (χ4n) is 2.32. The Bertz CT molecular complexity index is 601. The van der Waals surface area contributed by atoms with Crippen molar-refractivity contribution in [3.63, 3.8) is 0 Å². The Morgan fingerprint density at radius 1 is 1.19 bits per heavy atom. The summed E-state index contributed by atoms with van der Waals surface area (Å²) in [7, 11) is 1.96. The Kier molecular flexibility index (Phi) is 5.59. The Morgan fingerprint density at radius 3 is 2.67 bits per heavy atom. The number of nitrogens with one attached hydrogen (secondary N) is 1. The molecule has 0 aliphatic heterocycles. The third-order valence-corrected chi connectivity index (χ3v) is 3.60. The van der Waals surface area contributed by atoms with Crippen molar-refractivity contribution >= 4 is 17.3 Å². The van der Waals surface area contributed by atoms with Gasteiger partial charge in [-0.05, 0) is 36.4 Å². The second kappa shape index (κ2) is 7.43. The van der Waals surface area contributed by atoms with Crippen LogP contribution in [0.2, 0.25) is 5.02 Å². The molecule has 21 heavy (non-hydrogen) atoms. The van der Waals surface area contributed by atoms with Crippen LogP contribution in [-0.4, -0.2) is 13.6 Å². The van der Waals surface area contributed by atoms with E-state index in [0.29, 0.717) is 23.7 Å². The Morgan fingerprint density at radius 2 is 1.95 bits per heavy atom. The predicted molar refractivity (Wildman–Crippen MR) is 87.3 cm³/mol. The largest absolute Gasteiger partial charge is 0.370 e. The molecule has 4 heteroatoms. The highest BCUT2D eigenvalue weighted by Gasteiger charge is 2.12. The van der Waals surface area contributed by atoms with Gasteiger partial charge in [0.25, 0.3) is 0 Å². The third kappa shape index (κ3) is 4.19. The second-order valence-corrected chi connectivity index (χ2v) is 5.44. The maximum Gasteiger partial charge on any atom is 0.129 e. The van der Waals surface area contributed by atoms with E-state index in [0.717, 1.165) is 17.8 Å².